The summed E-state index contributed by atoms with van der Waals surface area (Å²) in [7, 11) is 0. The second kappa shape index (κ2) is 9.32. The topological polar surface area (TPSA) is 55.4 Å². The Bertz CT molecular complexity index is 707. The van der Waals surface area contributed by atoms with Crippen LogP contribution in [0.1, 0.15) is 11.8 Å². The molecule has 0 saturated heterocycles. The van der Waals surface area contributed by atoms with Crippen molar-refractivity contribution >= 4 is 63.9 Å². The number of thioether (sulfide) groups is 1. The van der Waals surface area contributed by atoms with Crippen LogP contribution < -0.4 is 5.32 Å². The highest BCUT2D eigenvalue weighted by atomic mass is 35.5. The Kier molecular flexibility index (Phi) is 7.42. The van der Waals surface area contributed by atoms with Crippen LogP contribution in [0.3, 0.4) is 0 Å². The first-order chi connectivity index (χ1) is 11.5. The molecule has 1 amide bonds. The fourth-order valence-electron chi connectivity index (χ4n) is 1.74. The number of carbonyl (C=O) groups is 2. The highest BCUT2D eigenvalue weighted by Crippen LogP contribution is 2.25. The maximum absolute atomic E-state index is 12.1. The van der Waals surface area contributed by atoms with Crippen LogP contribution in [-0.4, -0.2) is 23.7 Å². The molecule has 0 aliphatic rings. The molecule has 1 atom stereocenters. The number of carbonyl (C=O) groups excluding carboxylic acids is 2. The third-order valence-electron chi connectivity index (χ3n) is 2.91. The molecule has 0 radical (unpaired) electrons. The van der Waals surface area contributed by atoms with E-state index in [-0.39, 0.29) is 5.75 Å². The van der Waals surface area contributed by atoms with Gasteiger partial charge in [0.05, 0.1) is 16.5 Å². The highest BCUT2D eigenvalue weighted by Gasteiger charge is 2.19. The Morgan fingerprint density at radius 3 is 2.83 bits per heavy atom. The number of hydrogen-bond donors (Lipinski definition) is 1. The summed E-state index contributed by atoms with van der Waals surface area (Å²) in [5, 5.41) is 5.39. The Morgan fingerprint density at radius 1 is 1.33 bits per heavy atom. The van der Waals surface area contributed by atoms with Crippen LogP contribution >= 0.6 is 46.3 Å². The van der Waals surface area contributed by atoms with Crippen molar-refractivity contribution in [3.05, 3.63) is 50.6 Å². The van der Waals surface area contributed by atoms with Crippen molar-refractivity contribution in [3.8, 4) is 0 Å². The van der Waals surface area contributed by atoms with E-state index < -0.39 is 18.0 Å². The second-order valence-electron chi connectivity index (χ2n) is 4.82. The van der Waals surface area contributed by atoms with Crippen LogP contribution in [0.2, 0.25) is 10.0 Å². The Labute approximate surface area is 158 Å². The van der Waals surface area contributed by atoms with Crippen LogP contribution in [0.15, 0.2) is 35.7 Å². The largest absolute Gasteiger partial charge is 0.452 e. The van der Waals surface area contributed by atoms with Gasteiger partial charge in [0, 0.05) is 15.7 Å². The molecule has 8 heteroatoms. The summed E-state index contributed by atoms with van der Waals surface area (Å²) in [6.45, 7) is 1.51. The molecule has 0 saturated carbocycles. The molecule has 128 valence electrons. The molecule has 0 fully saturated rings. The lowest BCUT2D eigenvalue weighted by molar-refractivity contribution is -0.150. The van der Waals surface area contributed by atoms with Gasteiger partial charge in [-0.3, -0.25) is 9.59 Å². The van der Waals surface area contributed by atoms with E-state index in [1.54, 1.807) is 23.5 Å². The van der Waals surface area contributed by atoms with Gasteiger partial charge in [-0.25, -0.2) is 0 Å². The number of benzene rings is 1. The normalized spacial score (nSPS) is 11.8. The smallest absolute Gasteiger partial charge is 0.316 e. The lowest BCUT2D eigenvalue weighted by Crippen LogP contribution is -2.30. The van der Waals surface area contributed by atoms with E-state index in [0.717, 1.165) is 5.75 Å². The summed E-state index contributed by atoms with van der Waals surface area (Å²) >= 11 is 14.9. The molecule has 0 spiro atoms. The minimum absolute atomic E-state index is 0.188. The van der Waals surface area contributed by atoms with E-state index in [1.165, 1.54) is 29.6 Å². The van der Waals surface area contributed by atoms with E-state index in [0.29, 0.717) is 15.7 Å². The van der Waals surface area contributed by atoms with Gasteiger partial charge in [-0.1, -0.05) is 29.3 Å². The molecule has 0 bridgehead atoms. The van der Waals surface area contributed by atoms with Gasteiger partial charge < -0.3 is 10.1 Å². The van der Waals surface area contributed by atoms with Crippen molar-refractivity contribution in [3.63, 3.8) is 0 Å². The van der Waals surface area contributed by atoms with E-state index in [2.05, 4.69) is 5.32 Å². The van der Waals surface area contributed by atoms with Gasteiger partial charge in [-0.05, 0) is 36.6 Å². The van der Waals surface area contributed by atoms with Gasteiger partial charge in [0.1, 0.15) is 0 Å². The van der Waals surface area contributed by atoms with Crippen molar-refractivity contribution in [1.29, 1.82) is 0 Å². The standard InChI is InChI=1S/C16H15Cl2NO3S2/c1-10(16(21)19-14-7-11(17)4-5-13(14)18)22-15(20)9-23-8-12-3-2-6-24-12/h2-7,10H,8-9H2,1H3,(H,19,21)/t10-/m0/s1. The average Bonchev–Trinajstić information content (AvgIpc) is 3.04. The van der Waals surface area contributed by atoms with Crippen LogP contribution in [0, 0.1) is 0 Å². The minimum atomic E-state index is -0.921. The van der Waals surface area contributed by atoms with Gasteiger partial charge in [-0.2, -0.15) is 0 Å². The van der Waals surface area contributed by atoms with Gasteiger partial charge in [0.2, 0.25) is 0 Å². The summed E-state index contributed by atoms with van der Waals surface area (Å²) in [6, 6.07) is 8.71. The third-order valence-corrected chi connectivity index (χ3v) is 5.49. The molecule has 0 unspecified atom stereocenters. The summed E-state index contributed by atoms with van der Waals surface area (Å²) in [5.74, 6) is 0.0333. The van der Waals surface area contributed by atoms with Crippen molar-refractivity contribution in [2.24, 2.45) is 0 Å². The highest BCUT2D eigenvalue weighted by molar-refractivity contribution is 7.99. The fraction of sp³-hybridized carbons (Fsp3) is 0.250. The molecule has 1 N–H and O–H groups in total. The molecule has 0 aliphatic heterocycles. The van der Waals surface area contributed by atoms with Crippen molar-refractivity contribution in [2.75, 3.05) is 11.1 Å². The zero-order chi connectivity index (χ0) is 17.5. The molecule has 1 heterocycles. The Balaban J connectivity index is 1.78. The number of halogens is 2. The maximum atomic E-state index is 12.1. The van der Waals surface area contributed by atoms with Crippen LogP contribution in [0.5, 0.6) is 0 Å². The molecular formula is C16H15Cl2NO3S2. The maximum Gasteiger partial charge on any atom is 0.316 e. The Morgan fingerprint density at radius 2 is 2.12 bits per heavy atom. The van der Waals surface area contributed by atoms with Crippen molar-refractivity contribution in [2.45, 2.75) is 18.8 Å². The number of ether oxygens (including phenoxy) is 1. The number of esters is 1. The molecular weight excluding hydrogens is 389 g/mol. The third kappa shape index (κ3) is 6.02. The Hall–Kier alpha value is -1.21. The molecule has 24 heavy (non-hydrogen) atoms. The van der Waals surface area contributed by atoms with Crippen LogP contribution in [0.4, 0.5) is 5.69 Å². The van der Waals surface area contributed by atoms with Crippen molar-refractivity contribution < 1.29 is 14.3 Å². The molecule has 0 aliphatic carbocycles. The fourth-order valence-corrected chi connectivity index (χ4v) is 3.72. The SMILES string of the molecule is C[C@H](OC(=O)CSCc1cccs1)C(=O)Nc1cc(Cl)ccc1Cl. The average molecular weight is 404 g/mol. The molecule has 2 rings (SSSR count). The number of hydrogen-bond acceptors (Lipinski definition) is 5. The molecule has 4 nitrogen and oxygen atoms in total. The summed E-state index contributed by atoms with van der Waals surface area (Å²) in [4.78, 5) is 25.1. The first-order valence-electron chi connectivity index (χ1n) is 7.01. The summed E-state index contributed by atoms with van der Waals surface area (Å²) < 4.78 is 5.13. The van der Waals surface area contributed by atoms with Crippen LogP contribution in [-0.2, 0) is 20.1 Å². The number of rotatable bonds is 7. The first-order valence-corrected chi connectivity index (χ1v) is 9.80. The predicted octanol–water partition coefficient (Wildman–Crippen LogP) is 4.86. The van der Waals surface area contributed by atoms with Gasteiger partial charge in [0.15, 0.2) is 6.10 Å². The van der Waals surface area contributed by atoms with Gasteiger partial charge >= 0.3 is 5.97 Å². The minimum Gasteiger partial charge on any atom is -0.452 e. The summed E-state index contributed by atoms with van der Waals surface area (Å²) in [5.41, 5.74) is 0.379. The number of thiophene rings is 1. The molecule has 1 aromatic heterocycles. The van der Waals surface area contributed by atoms with E-state index in [9.17, 15) is 9.59 Å². The van der Waals surface area contributed by atoms with Gasteiger partial charge in [0.25, 0.3) is 5.91 Å². The lowest BCUT2D eigenvalue weighted by Gasteiger charge is -2.14. The number of nitrogens with one attached hydrogen (secondary N) is 1. The lowest BCUT2D eigenvalue weighted by atomic mass is 10.3. The molecule has 1 aromatic carbocycles. The number of amides is 1. The monoisotopic (exact) mass is 403 g/mol. The first kappa shape index (κ1) is 19.1. The van der Waals surface area contributed by atoms with E-state index >= 15 is 0 Å². The second-order valence-corrected chi connectivity index (χ2v) is 7.68. The summed E-state index contributed by atoms with van der Waals surface area (Å²) in [6.07, 6.45) is -0.921. The van der Waals surface area contributed by atoms with Crippen LogP contribution in [0.25, 0.3) is 0 Å². The predicted molar refractivity (Wildman–Crippen MR) is 101 cm³/mol. The van der Waals surface area contributed by atoms with E-state index in [4.69, 9.17) is 27.9 Å². The van der Waals surface area contributed by atoms with Gasteiger partial charge in [-0.15, -0.1) is 23.1 Å². The number of anilines is 1. The zero-order valence-electron chi connectivity index (χ0n) is 12.8. The van der Waals surface area contributed by atoms with Crippen molar-refractivity contribution in [1.82, 2.24) is 0 Å². The zero-order valence-corrected chi connectivity index (χ0v) is 15.9. The molecule has 2 aromatic rings. The van der Waals surface area contributed by atoms with E-state index in [1.807, 2.05) is 17.5 Å². The quantitative estimate of drug-likeness (QED) is 0.670.